The first-order valence-corrected chi connectivity index (χ1v) is 10.9. The van der Waals surface area contributed by atoms with Crippen LogP contribution in [0.5, 0.6) is 0 Å². The molecule has 34 heavy (non-hydrogen) atoms. The van der Waals surface area contributed by atoms with Gasteiger partial charge >= 0.3 is 0 Å². The number of amides is 1. The minimum Gasteiger partial charge on any atom is -0.363 e. The largest absolute Gasteiger partial charge is 0.363 e. The molecule has 2 aromatic heterocycles. The minimum atomic E-state index is -2.93. The van der Waals surface area contributed by atoms with Crippen LogP contribution in [0.1, 0.15) is 54.8 Å². The Morgan fingerprint density at radius 2 is 1.88 bits per heavy atom. The topological polar surface area (TPSA) is 80.1 Å². The van der Waals surface area contributed by atoms with E-state index in [0.717, 1.165) is 6.07 Å². The Bertz CT molecular complexity index is 1290. The van der Waals surface area contributed by atoms with Crippen molar-refractivity contribution in [3.05, 3.63) is 63.5 Å². The number of rotatable bonds is 5. The molecule has 1 N–H and O–H groups in total. The highest BCUT2D eigenvalue weighted by atomic mass is 19.3. The van der Waals surface area contributed by atoms with Crippen LogP contribution < -0.4 is 10.9 Å². The van der Waals surface area contributed by atoms with Crippen molar-refractivity contribution < 1.29 is 18.0 Å². The van der Waals surface area contributed by atoms with Gasteiger partial charge in [0, 0.05) is 31.3 Å². The average Bonchev–Trinajstić information content (AvgIpc) is 2.81. The fraction of sp³-hybridized carbons (Fsp3) is 0.391. The summed E-state index contributed by atoms with van der Waals surface area (Å²) in [4.78, 5) is 34.5. The third kappa shape index (κ3) is 4.38. The van der Waals surface area contributed by atoms with Gasteiger partial charge in [0.05, 0.1) is 17.0 Å². The van der Waals surface area contributed by atoms with Crippen molar-refractivity contribution in [1.29, 1.82) is 0 Å². The van der Waals surface area contributed by atoms with Crippen LogP contribution in [0.15, 0.2) is 35.4 Å². The summed E-state index contributed by atoms with van der Waals surface area (Å²) in [5, 5.41) is 3.64. The highest BCUT2D eigenvalue weighted by Gasteiger charge is 2.26. The number of aromatic nitrogens is 3. The van der Waals surface area contributed by atoms with Gasteiger partial charge in [0.25, 0.3) is 12.0 Å². The van der Waals surface area contributed by atoms with E-state index in [1.54, 1.807) is 24.9 Å². The molecular formula is C23H23BF3N5O2. The number of fused-ring (bicyclic) bond motifs is 1. The zero-order valence-electron chi connectivity index (χ0n) is 18.8. The highest BCUT2D eigenvalue weighted by Crippen LogP contribution is 2.32. The molecule has 3 aromatic rings. The van der Waals surface area contributed by atoms with E-state index in [1.165, 1.54) is 23.0 Å². The lowest BCUT2D eigenvalue weighted by Gasteiger charge is -2.31. The number of pyridine rings is 1. The molecule has 7 nitrogen and oxygen atoms in total. The maximum absolute atomic E-state index is 14.7. The fourth-order valence-corrected chi connectivity index (χ4v) is 4.47. The van der Waals surface area contributed by atoms with Crippen LogP contribution in [0.2, 0.25) is 0 Å². The Hall–Kier alpha value is -3.37. The summed E-state index contributed by atoms with van der Waals surface area (Å²) in [6.07, 6.45) is -0.469. The van der Waals surface area contributed by atoms with E-state index >= 15 is 0 Å². The Morgan fingerprint density at radius 3 is 2.53 bits per heavy atom. The normalized spacial score (nSPS) is 15.6. The number of nitrogens with zero attached hydrogens (tertiary/aromatic N) is 4. The smallest absolute Gasteiger partial charge is 0.266 e. The van der Waals surface area contributed by atoms with Crippen molar-refractivity contribution in [3.63, 3.8) is 0 Å². The molecule has 1 aromatic carbocycles. The number of piperidine rings is 1. The molecule has 11 heteroatoms. The number of aryl methyl sites for hydroxylation is 1. The zero-order valence-corrected chi connectivity index (χ0v) is 18.8. The van der Waals surface area contributed by atoms with Gasteiger partial charge in [-0.15, -0.1) is 0 Å². The lowest BCUT2D eigenvalue weighted by Crippen LogP contribution is -2.38. The van der Waals surface area contributed by atoms with Gasteiger partial charge in [0.1, 0.15) is 23.6 Å². The number of hydrogen-bond acceptors (Lipinski definition) is 5. The number of alkyl halides is 2. The molecule has 3 heterocycles. The van der Waals surface area contributed by atoms with Crippen molar-refractivity contribution in [2.45, 2.75) is 38.2 Å². The standard InChI is InChI=1S/C23H23BF3N5O2/c1-12(14-4-3-5-15(18(14)25)19(26)27)30-20-17-10-16(13-6-8-32(9-7-13)23(24)34)22(33)31(2)21(17)29-11-28-20/h3-5,10-13,19H,6-9H2,1-2H3,(H,28,29,30)/t12-/m1/s1. The van der Waals surface area contributed by atoms with Crippen LogP contribution in [-0.4, -0.2) is 46.2 Å². The van der Waals surface area contributed by atoms with Crippen LogP contribution in [0, 0.1) is 5.82 Å². The molecular weight excluding hydrogens is 446 g/mol. The quantitative estimate of drug-likeness (QED) is 0.571. The molecule has 0 spiro atoms. The number of halogens is 3. The van der Waals surface area contributed by atoms with Crippen molar-refractivity contribution >= 4 is 30.5 Å². The van der Waals surface area contributed by atoms with E-state index in [2.05, 4.69) is 15.3 Å². The summed E-state index contributed by atoms with van der Waals surface area (Å²) in [6.45, 7) is 2.55. The number of carbonyl (C=O) groups is 1. The predicted molar refractivity (Wildman–Crippen MR) is 123 cm³/mol. The van der Waals surface area contributed by atoms with Crippen molar-refractivity contribution in [2.24, 2.45) is 7.05 Å². The Balaban J connectivity index is 1.70. The van der Waals surface area contributed by atoms with Crippen LogP contribution >= 0.6 is 0 Å². The summed E-state index contributed by atoms with van der Waals surface area (Å²) in [5.74, 6) is -1.18. The molecule has 1 saturated heterocycles. The van der Waals surface area contributed by atoms with E-state index in [4.69, 9.17) is 7.85 Å². The average molecular weight is 469 g/mol. The number of hydrogen-bond donors (Lipinski definition) is 1. The third-order valence-corrected chi connectivity index (χ3v) is 6.39. The molecule has 1 aliphatic heterocycles. The van der Waals surface area contributed by atoms with E-state index in [-0.39, 0.29) is 17.0 Å². The van der Waals surface area contributed by atoms with E-state index in [1.807, 2.05) is 0 Å². The Labute approximate surface area is 195 Å². The molecule has 0 bridgehead atoms. The Kier molecular flexibility index (Phi) is 6.63. The van der Waals surface area contributed by atoms with Crippen molar-refractivity contribution in [1.82, 2.24) is 19.4 Å². The van der Waals surface area contributed by atoms with Gasteiger partial charge in [-0.1, -0.05) is 18.2 Å². The maximum atomic E-state index is 14.7. The number of likely N-dealkylation sites (tertiary alicyclic amines) is 1. The number of nitrogens with one attached hydrogen (secondary N) is 1. The molecule has 0 aliphatic carbocycles. The van der Waals surface area contributed by atoms with Crippen LogP contribution in [0.3, 0.4) is 0 Å². The molecule has 1 fully saturated rings. The Morgan fingerprint density at radius 1 is 1.21 bits per heavy atom. The zero-order chi connectivity index (χ0) is 24.6. The highest BCUT2D eigenvalue weighted by molar-refractivity contribution is 6.56. The number of anilines is 1. The number of carbonyl (C=O) groups excluding carboxylic acids is 1. The minimum absolute atomic E-state index is 0.0772. The third-order valence-electron chi connectivity index (χ3n) is 6.39. The molecule has 2 radical (unpaired) electrons. The summed E-state index contributed by atoms with van der Waals surface area (Å²) in [7, 11) is 6.97. The van der Waals surface area contributed by atoms with Gasteiger partial charge in [-0.05, 0) is 31.7 Å². The second-order valence-corrected chi connectivity index (χ2v) is 8.44. The van der Waals surface area contributed by atoms with Crippen LogP contribution in [-0.2, 0) is 7.05 Å². The fourth-order valence-electron chi connectivity index (χ4n) is 4.47. The SMILES string of the molecule is [B]C(=O)N1CCC(c2cc3c(N[C@H](C)c4cccc(C(F)F)c4F)ncnc3n(C)c2=O)CC1. The van der Waals surface area contributed by atoms with Gasteiger partial charge < -0.3 is 10.2 Å². The van der Waals surface area contributed by atoms with Gasteiger partial charge in [-0.3, -0.25) is 14.2 Å². The second kappa shape index (κ2) is 9.48. The lowest BCUT2D eigenvalue weighted by atomic mass is 9.88. The summed E-state index contributed by atoms with van der Waals surface area (Å²) in [5.41, 5.74) is 0.169. The van der Waals surface area contributed by atoms with Gasteiger partial charge in [0.15, 0.2) is 5.81 Å². The van der Waals surface area contributed by atoms with E-state index < -0.39 is 29.7 Å². The molecule has 1 aliphatic rings. The van der Waals surface area contributed by atoms with Gasteiger partial charge in [-0.25, -0.2) is 23.1 Å². The first-order valence-electron chi connectivity index (χ1n) is 10.9. The lowest BCUT2D eigenvalue weighted by molar-refractivity contribution is 0.146. The first-order chi connectivity index (χ1) is 16.2. The predicted octanol–water partition coefficient (Wildman–Crippen LogP) is 4.05. The summed E-state index contributed by atoms with van der Waals surface area (Å²) < 4.78 is 42.4. The molecule has 4 rings (SSSR count). The summed E-state index contributed by atoms with van der Waals surface area (Å²) in [6, 6.07) is 4.92. The summed E-state index contributed by atoms with van der Waals surface area (Å²) >= 11 is 0. The first kappa shape index (κ1) is 23.8. The molecule has 0 unspecified atom stereocenters. The second-order valence-electron chi connectivity index (χ2n) is 8.44. The van der Waals surface area contributed by atoms with Crippen LogP contribution in [0.4, 0.5) is 23.8 Å². The van der Waals surface area contributed by atoms with Crippen molar-refractivity contribution in [2.75, 3.05) is 18.4 Å². The van der Waals surface area contributed by atoms with E-state index in [9.17, 15) is 22.8 Å². The van der Waals surface area contributed by atoms with Crippen LogP contribution in [0.25, 0.3) is 11.0 Å². The van der Waals surface area contributed by atoms with Gasteiger partial charge in [0.2, 0.25) is 7.85 Å². The molecule has 0 saturated carbocycles. The van der Waals surface area contributed by atoms with E-state index in [0.29, 0.717) is 48.3 Å². The molecule has 1 atom stereocenters. The number of benzene rings is 1. The maximum Gasteiger partial charge on any atom is 0.266 e. The van der Waals surface area contributed by atoms with Gasteiger partial charge in [-0.2, -0.15) is 0 Å². The van der Waals surface area contributed by atoms with Crippen molar-refractivity contribution in [3.8, 4) is 0 Å². The molecule has 176 valence electrons. The monoisotopic (exact) mass is 469 g/mol. The molecule has 1 amide bonds.